The van der Waals surface area contributed by atoms with E-state index in [0.717, 1.165) is 16.9 Å². The van der Waals surface area contributed by atoms with Crippen molar-refractivity contribution in [2.45, 2.75) is 20.5 Å². The Labute approximate surface area is 117 Å². The smallest absolute Gasteiger partial charge is 0.217 e. The number of hydrogen-bond donors (Lipinski definition) is 0. The van der Waals surface area contributed by atoms with Gasteiger partial charge in [-0.15, -0.1) is 0 Å². The van der Waals surface area contributed by atoms with Crippen LogP contribution in [0.1, 0.15) is 17.0 Å². The van der Waals surface area contributed by atoms with Gasteiger partial charge in [-0.05, 0) is 37.1 Å². The predicted octanol–water partition coefficient (Wildman–Crippen LogP) is 3.33. The normalized spacial score (nSPS) is 10.3. The van der Waals surface area contributed by atoms with Gasteiger partial charge in [-0.25, -0.2) is 4.98 Å². The molecule has 100 valence electrons. The molecule has 0 fully saturated rings. The molecule has 0 aliphatic heterocycles. The minimum Gasteiger partial charge on any atom is -0.486 e. The summed E-state index contributed by atoms with van der Waals surface area (Å²) < 4.78 is 10.7. The van der Waals surface area contributed by atoms with Crippen LogP contribution in [0, 0.1) is 13.8 Å². The van der Waals surface area contributed by atoms with Crippen molar-refractivity contribution in [3.8, 4) is 11.6 Å². The van der Waals surface area contributed by atoms with Gasteiger partial charge in [0.05, 0.1) is 7.11 Å². The van der Waals surface area contributed by atoms with Gasteiger partial charge in [0.25, 0.3) is 0 Å². The standard InChI is InChI=1S/C14H15ClN2O2/c1-9-4-10(2)6-11(5-9)19-8-13-16-12(15)7-14(17-13)18-3/h4-7H,8H2,1-3H3. The molecule has 0 aliphatic rings. The van der Waals surface area contributed by atoms with E-state index in [0.29, 0.717) is 16.9 Å². The second-order valence-corrected chi connectivity index (χ2v) is 4.65. The van der Waals surface area contributed by atoms with Gasteiger partial charge in [-0.2, -0.15) is 4.98 Å². The van der Waals surface area contributed by atoms with Crippen LogP contribution in [0.4, 0.5) is 0 Å². The third kappa shape index (κ3) is 3.83. The molecule has 0 saturated carbocycles. The maximum Gasteiger partial charge on any atom is 0.217 e. The third-order valence-electron chi connectivity index (χ3n) is 2.49. The molecular formula is C14H15ClN2O2. The lowest BCUT2D eigenvalue weighted by molar-refractivity contribution is 0.291. The molecular weight excluding hydrogens is 264 g/mol. The number of rotatable bonds is 4. The molecule has 0 unspecified atom stereocenters. The molecule has 2 rings (SSSR count). The molecule has 2 aromatic rings. The highest BCUT2D eigenvalue weighted by atomic mass is 35.5. The maximum atomic E-state index is 5.87. The van der Waals surface area contributed by atoms with Crippen LogP contribution in [0.15, 0.2) is 24.3 Å². The number of nitrogens with zero attached hydrogens (tertiary/aromatic N) is 2. The molecule has 4 nitrogen and oxygen atoms in total. The summed E-state index contributed by atoms with van der Waals surface area (Å²) in [6, 6.07) is 7.58. The lowest BCUT2D eigenvalue weighted by atomic mass is 10.1. The average molecular weight is 279 g/mol. The van der Waals surface area contributed by atoms with Gasteiger partial charge in [0.15, 0.2) is 5.82 Å². The van der Waals surface area contributed by atoms with Gasteiger partial charge < -0.3 is 9.47 Å². The first-order valence-electron chi connectivity index (χ1n) is 5.85. The maximum absolute atomic E-state index is 5.87. The van der Waals surface area contributed by atoms with Crippen LogP contribution in [0.25, 0.3) is 0 Å². The van der Waals surface area contributed by atoms with E-state index in [1.54, 1.807) is 6.07 Å². The van der Waals surface area contributed by atoms with Crippen LogP contribution in [0.3, 0.4) is 0 Å². The monoisotopic (exact) mass is 278 g/mol. The van der Waals surface area contributed by atoms with Crippen LogP contribution in [0.2, 0.25) is 5.15 Å². The molecule has 0 radical (unpaired) electrons. The Morgan fingerprint density at radius 2 is 1.74 bits per heavy atom. The van der Waals surface area contributed by atoms with Crippen molar-refractivity contribution in [1.82, 2.24) is 9.97 Å². The van der Waals surface area contributed by atoms with Gasteiger partial charge in [-0.3, -0.25) is 0 Å². The molecule has 0 aliphatic carbocycles. The van der Waals surface area contributed by atoms with Gasteiger partial charge in [0.2, 0.25) is 5.88 Å². The van der Waals surface area contributed by atoms with Crippen molar-refractivity contribution in [3.05, 3.63) is 46.4 Å². The largest absolute Gasteiger partial charge is 0.486 e. The highest BCUT2D eigenvalue weighted by Crippen LogP contribution is 2.18. The summed E-state index contributed by atoms with van der Waals surface area (Å²) in [6.45, 7) is 4.30. The quantitative estimate of drug-likeness (QED) is 0.805. The third-order valence-corrected chi connectivity index (χ3v) is 2.68. The molecule has 0 atom stereocenters. The van der Waals surface area contributed by atoms with Crippen molar-refractivity contribution in [2.24, 2.45) is 0 Å². The summed E-state index contributed by atoms with van der Waals surface area (Å²) in [4.78, 5) is 8.26. The molecule has 1 aromatic carbocycles. The summed E-state index contributed by atoms with van der Waals surface area (Å²) in [5.41, 5.74) is 2.30. The van der Waals surface area contributed by atoms with Gasteiger partial charge in [-0.1, -0.05) is 17.7 Å². The lowest BCUT2D eigenvalue weighted by Gasteiger charge is -2.08. The zero-order valence-electron chi connectivity index (χ0n) is 11.1. The first-order valence-corrected chi connectivity index (χ1v) is 6.23. The molecule has 19 heavy (non-hydrogen) atoms. The van der Waals surface area contributed by atoms with E-state index in [4.69, 9.17) is 21.1 Å². The molecule has 5 heteroatoms. The van der Waals surface area contributed by atoms with Crippen LogP contribution >= 0.6 is 11.6 Å². The number of halogens is 1. The van der Waals surface area contributed by atoms with Gasteiger partial charge in [0.1, 0.15) is 17.5 Å². The van der Waals surface area contributed by atoms with Crippen molar-refractivity contribution in [2.75, 3.05) is 7.11 Å². The number of benzene rings is 1. The highest BCUT2D eigenvalue weighted by Gasteiger charge is 2.05. The van der Waals surface area contributed by atoms with E-state index < -0.39 is 0 Å². The highest BCUT2D eigenvalue weighted by molar-refractivity contribution is 6.29. The summed E-state index contributed by atoms with van der Waals surface area (Å²) in [5.74, 6) is 1.71. The van der Waals surface area contributed by atoms with E-state index >= 15 is 0 Å². The first kappa shape index (κ1) is 13.6. The van der Waals surface area contributed by atoms with Crippen LogP contribution in [-0.4, -0.2) is 17.1 Å². The summed E-state index contributed by atoms with van der Waals surface area (Å²) in [5, 5.41) is 0.339. The van der Waals surface area contributed by atoms with Crippen molar-refractivity contribution in [3.63, 3.8) is 0 Å². The Hall–Kier alpha value is -1.81. The van der Waals surface area contributed by atoms with Gasteiger partial charge in [0, 0.05) is 6.07 Å². The fraction of sp³-hybridized carbons (Fsp3) is 0.286. The Morgan fingerprint density at radius 1 is 1.05 bits per heavy atom. The zero-order chi connectivity index (χ0) is 13.8. The molecule has 0 N–H and O–H groups in total. The average Bonchev–Trinajstić information content (AvgIpc) is 2.34. The minimum absolute atomic E-state index is 0.250. The number of hydrogen-bond acceptors (Lipinski definition) is 4. The second kappa shape index (κ2) is 5.89. The number of aryl methyl sites for hydroxylation is 2. The number of ether oxygens (including phenoxy) is 2. The topological polar surface area (TPSA) is 44.2 Å². The SMILES string of the molecule is COc1cc(Cl)nc(COc2cc(C)cc(C)c2)n1. The fourth-order valence-electron chi connectivity index (χ4n) is 1.78. The molecule has 1 aromatic heterocycles. The lowest BCUT2D eigenvalue weighted by Crippen LogP contribution is -2.03. The summed E-state index contributed by atoms with van der Waals surface area (Å²) >= 11 is 5.87. The Bertz CT molecular complexity index is 567. The molecule has 0 saturated heterocycles. The van der Waals surface area contributed by atoms with E-state index in [9.17, 15) is 0 Å². The fourth-order valence-corrected chi connectivity index (χ4v) is 1.97. The Morgan fingerprint density at radius 3 is 2.37 bits per heavy atom. The Balaban J connectivity index is 2.11. The minimum atomic E-state index is 0.250. The van der Waals surface area contributed by atoms with E-state index in [-0.39, 0.29) is 6.61 Å². The van der Waals surface area contributed by atoms with E-state index in [2.05, 4.69) is 16.0 Å². The number of aromatic nitrogens is 2. The van der Waals surface area contributed by atoms with Crippen molar-refractivity contribution < 1.29 is 9.47 Å². The molecule has 0 amide bonds. The predicted molar refractivity (Wildman–Crippen MR) is 73.8 cm³/mol. The first-order chi connectivity index (χ1) is 9.06. The molecule has 0 bridgehead atoms. The van der Waals surface area contributed by atoms with Gasteiger partial charge >= 0.3 is 0 Å². The Kier molecular flexibility index (Phi) is 4.22. The van der Waals surface area contributed by atoms with E-state index in [1.807, 2.05) is 26.0 Å². The van der Waals surface area contributed by atoms with Crippen LogP contribution in [0.5, 0.6) is 11.6 Å². The van der Waals surface area contributed by atoms with Crippen molar-refractivity contribution in [1.29, 1.82) is 0 Å². The van der Waals surface area contributed by atoms with Crippen LogP contribution in [-0.2, 0) is 6.61 Å². The van der Waals surface area contributed by atoms with Crippen LogP contribution < -0.4 is 9.47 Å². The second-order valence-electron chi connectivity index (χ2n) is 4.26. The van der Waals surface area contributed by atoms with E-state index in [1.165, 1.54) is 7.11 Å². The summed E-state index contributed by atoms with van der Waals surface area (Å²) in [7, 11) is 1.53. The van der Waals surface area contributed by atoms with Crippen molar-refractivity contribution >= 4 is 11.6 Å². The number of methoxy groups -OCH3 is 1. The zero-order valence-corrected chi connectivity index (χ0v) is 11.9. The molecule has 1 heterocycles. The molecule has 0 spiro atoms. The summed E-state index contributed by atoms with van der Waals surface area (Å²) in [6.07, 6.45) is 0.